The van der Waals surface area contributed by atoms with Gasteiger partial charge in [-0.05, 0) is 30.3 Å². The maximum atomic E-state index is 13.0. The van der Waals surface area contributed by atoms with Gasteiger partial charge < -0.3 is 5.11 Å². The number of nitrogens with one attached hydrogen (secondary N) is 1. The molecule has 2 aromatic carbocycles. The van der Waals surface area contributed by atoms with E-state index in [0.717, 1.165) is 4.57 Å². The topological polar surface area (TPSA) is 96.6 Å². The zero-order chi connectivity index (χ0) is 21.1. The normalized spacial score (nSPS) is 11.1. The van der Waals surface area contributed by atoms with Crippen molar-refractivity contribution in [3.63, 3.8) is 0 Å². The van der Waals surface area contributed by atoms with Gasteiger partial charge in [-0.15, -0.1) is 0 Å². The van der Waals surface area contributed by atoms with Gasteiger partial charge in [0.1, 0.15) is 0 Å². The zero-order valence-electron chi connectivity index (χ0n) is 15.5. The Hall–Kier alpha value is -3.97. The number of carbonyl (C=O) groups excluding carboxylic acids is 1. The van der Waals surface area contributed by atoms with Crippen LogP contribution in [0.4, 0.5) is 0 Å². The van der Waals surface area contributed by atoms with E-state index in [0.29, 0.717) is 27.0 Å². The summed E-state index contributed by atoms with van der Waals surface area (Å²) >= 11 is 6.25. The third-order valence-electron chi connectivity index (χ3n) is 4.48. The number of hydrogen-bond donors (Lipinski definition) is 2. The van der Waals surface area contributed by atoms with E-state index in [1.165, 1.54) is 12.4 Å². The van der Waals surface area contributed by atoms with Gasteiger partial charge in [0.05, 0.1) is 28.1 Å². The van der Waals surface area contributed by atoms with E-state index in [9.17, 15) is 14.7 Å². The third-order valence-corrected chi connectivity index (χ3v) is 4.80. The van der Waals surface area contributed by atoms with Crippen LogP contribution in [0.15, 0.2) is 83.0 Å². The molecule has 148 valence electrons. The number of amides is 1. The zero-order valence-corrected chi connectivity index (χ0v) is 16.2. The lowest BCUT2D eigenvalue weighted by atomic mass is 10.1. The number of aromatic hydroxyl groups is 1. The quantitative estimate of drug-likeness (QED) is 0.391. The Labute approximate surface area is 175 Å². The number of para-hydroxylation sites is 1. The van der Waals surface area contributed by atoms with Gasteiger partial charge in [-0.3, -0.25) is 14.6 Å². The van der Waals surface area contributed by atoms with Crippen molar-refractivity contribution in [1.82, 2.24) is 15.0 Å². The summed E-state index contributed by atoms with van der Waals surface area (Å²) in [5.74, 6) is -0.797. The number of hydrogen-bond acceptors (Lipinski definition) is 5. The van der Waals surface area contributed by atoms with Crippen LogP contribution in [0.1, 0.15) is 15.9 Å². The summed E-state index contributed by atoms with van der Waals surface area (Å²) in [6, 6.07) is 16.7. The Kier molecular flexibility index (Phi) is 5.28. The summed E-state index contributed by atoms with van der Waals surface area (Å²) < 4.78 is 1.12. The molecule has 0 saturated carbocycles. The number of halogens is 1. The van der Waals surface area contributed by atoms with Crippen LogP contribution in [0.2, 0.25) is 5.02 Å². The summed E-state index contributed by atoms with van der Waals surface area (Å²) in [6.45, 7) is 0. The molecule has 30 heavy (non-hydrogen) atoms. The summed E-state index contributed by atoms with van der Waals surface area (Å²) in [7, 11) is 0. The summed E-state index contributed by atoms with van der Waals surface area (Å²) in [6.07, 6.45) is 4.26. The number of rotatable bonds is 4. The summed E-state index contributed by atoms with van der Waals surface area (Å²) in [4.78, 5) is 29.1. The fourth-order valence-corrected chi connectivity index (χ4v) is 3.28. The second-order valence-corrected chi connectivity index (χ2v) is 6.72. The number of pyridine rings is 2. The lowest BCUT2D eigenvalue weighted by Crippen LogP contribution is -2.21. The first-order valence-electron chi connectivity index (χ1n) is 8.93. The van der Waals surface area contributed by atoms with Gasteiger partial charge in [0.25, 0.3) is 11.5 Å². The van der Waals surface area contributed by atoms with E-state index in [1.807, 2.05) is 0 Å². The molecule has 0 aliphatic rings. The maximum Gasteiger partial charge on any atom is 0.272 e. The molecular formula is C22H15ClN4O3. The Balaban J connectivity index is 1.82. The minimum Gasteiger partial charge on any atom is -0.494 e. The molecule has 4 aromatic rings. The van der Waals surface area contributed by atoms with E-state index in [4.69, 9.17) is 11.6 Å². The summed E-state index contributed by atoms with van der Waals surface area (Å²) in [5, 5.41) is 16.0. The van der Waals surface area contributed by atoms with Crippen LogP contribution >= 0.6 is 11.6 Å². The molecule has 8 heteroatoms. The van der Waals surface area contributed by atoms with Crippen molar-refractivity contribution in [2.75, 3.05) is 0 Å². The van der Waals surface area contributed by atoms with Crippen LogP contribution in [0.5, 0.6) is 5.88 Å². The number of carbonyl (C=O) groups is 1. The van der Waals surface area contributed by atoms with Gasteiger partial charge in [0, 0.05) is 23.2 Å². The highest BCUT2D eigenvalue weighted by molar-refractivity contribution is 6.32. The molecule has 2 N–H and O–H groups in total. The fourth-order valence-electron chi connectivity index (χ4n) is 3.06. The number of fused-ring (bicyclic) bond motifs is 1. The van der Waals surface area contributed by atoms with Crippen molar-refractivity contribution in [1.29, 1.82) is 0 Å². The van der Waals surface area contributed by atoms with Gasteiger partial charge in [0.2, 0.25) is 5.88 Å². The van der Waals surface area contributed by atoms with Crippen LogP contribution in [0, 0.1) is 0 Å². The molecule has 0 spiro atoms. The third kappa shape index (κ3) is 3.54. The molecule has 1 amide bonds. The van der Waals surface area contributed by atoms with Crippen LogP contribution in [-0.2, 0) is 0 Å². The molecule has 0 fully saturated rings. The Bertz CT molecular complexity index is 1330. The minimum absolute atomic E-state index is 0.261. The van der Waals surface area contributed by atoms with E-state index < -0.39 is 11.5 Å². The van der Waals surface area contributed by atoms with Crippen molar-refractivity contribution >= 4 is 34.5 Å². The molecule has 0 atom stereocenters. The monoisotopic (exact) mass is 418 g/mol. The highest BCUT2D eigenvalue weighted by atomic mass is 35.5. The largest absolute Gasteiger partial charge is 0.494 e. The van der Waals surface area contributed by atoms with E-state index in [-0.39, 0.29) is 11.4 Å². The molecule has 4 rings (SSSR count). The molecule has 2 heterocycles. The Morgan fingerprint density at radius 1 is 1.07 bits per heavy atom. The molecule has 0 saturated heterocycles. The lowest BCUT2D eigenvalue weighted by Gasteiger charge is -2.14. The highest BCUT2D eigenvalue weighted by Gasteiger charge is 2.17. The maximum absolute atomic E-state index is 13.0. The first-order chi connectivity index (χ1) is 14.6. The molecule has 0 aliphatic carbocycles. The second-order valence-electron chi connectivity index (χ2n) is 6.32. The van der Waals surface area contributed by atoms with Crippen molar-refractivity contribution in [2.24, 2.45) is 5.10 Å². The minimum atomic E-state index is -0.456. The van der Waals surface area contributed by atoms with Crippen LogP contribution in [0.25, 0.3) is 16.5 Å². The number of benzene rings is 2. The second kappa shape index (κ2) is 8.18. The van der Waals surface area contributed by atoms with Gasteiger partial charge >= 0.3 is 0 Å². The standard InChI is InChI=1S/C22H15ClN4O3/c23-18-9-3-4-10-19(18)27-21(29)16-8-2-1-7-15(16)17(22(27)30)13-25-26-20(28)14-6-5-11-24-12-14/h1-13,30H,(H,26,28). The van der Waals surface area contributed by atoms with Crippen molar-refractivity contribution in [3.8, 4) is 11.6 Å². The molecule has 0 bridgehead atoms. The summed E-state index contributed by atoms with van der Waals surface area (Å²) in [5.41, 5.74) is 2.90. The predicted octanol–water partition coefficient (Wildman–Crippen LogP) is 3.51. The SMILES string of the molecule is O=C(NN=Cc1c(O)n(-c2ccccc2Cl)c(=O)c2ccccc12)c1cccnc1. The average molecular weight is 419 g/mol. The van der Waals surface area contributed by atoms with Crippen LogP contribution < -0.4 is 11.0 Å². The Morgan fingerprint density at radius 3 is 2.53 bits per heavy atom. The van der Waals surface area contributed by atoms with Gasteiger partial charge in [-0.1, -0.05) is 41.9 Å². The molecule has 2 aromatic heterocycles. The molecule has 0 unspecified atom stereocenters. The first kappa shape index (κ1) is 19.4. The van der Waals surface area contributed by atoms with E-state index in [2.05, 4.69) is 15.5 Å². The number of aromatic nitrogens is 2. The highest BCUT2D eigenvalue weighted by Crippen LogP contribution is 2.28. The Morgan fingerprint density at radius 2 is 1.80 bits per heavy atom. The van der Waals surface area contributed by atoms with Gasteiger partial charge in [-0.25, -0.2) is 9.99 Å². The van der Waals surface area contributed by atoms with Crippen molar-refractivity contribution < 1.29 is 9.90 Å². The fraction of sp³-hybridized carbons (Fsp3) is 0. The first-order valence-corrected chi connectivity index (χ1v) is 9.31. The van der Waals surface area contributed by atoms with Gasteiger partial charge in [0.15, 0.2) is 0 Å². The van der Waals surface area contributed by atoms with E-state index >= 15 is 0 Å². The van der Waals surface area contributed by atoms with Crippen LogP contribution in [0.3, 0.4) is 0 Å². The lowest BCUT2D eigenvalue weighted by molar-refractivity contribution is 0.0954. The predicted molar refractivity (Wildman–Crippen MR) is 116 cm³/mol. The molecular weight excluding hydrogens is 404 g/mol. The van der Waals surface area contributed by atoms with Crippen molar-refractivity contribution in [3.05, 3.63) is 99.6 Å². The number of nitrogens with zero attached hydrogens (tertiary/aromatic N) is 3. The molecule has 7 nitrogen and oxygen atoms in total. The molecule has 0 aliphatic heterocycles. The molecule has 0 radical (unpaired) electrons. The number of hydrazone groups is 1. The van der Waals surface area contributed by atoms with E-state index in [1.54, 1.807) is 66.9 Å². The average Bonchev–Trinajstić information content (AvgIpc) is 2.78. The van der Waals surface area contributed by atoms with Crippen LogP contribution in [-0.4, -0.2) is 26.8 Å². The van der Waals surface area contributed by atoms with Gasteiger partial charge in [-0.2, -0.15) is 5.10 Å². The smallest absolute Gasteiger partial charge is 0.272 e. The van der Waals surface area contributed by atoms with Crippen molar-refractivity contribution in [2.45, 2.75) is 0 Å².